The Labute approximate surface area is 215 Å². The molecule has 0 radical (unpaired) electrons. The molecule has 3 aliphatic carbocycles. The van der Waals surface area contributed by atoms with Gasteiger partial charge in [-0.15, -0.1) is 0 Å². The second-order valence-corrected chi connectivity index (χ2v) is 13.2. The van der Waals surface area contributed by atoms with Crippen molar-refractivity contribution in [1.82, 2.24) is 5.32 Å². The Morgan fingerprint density at radius 2 is 1.78 bits per heavy atom. The molecule has 1 aliphatic heterocycles. The summed E-state index contributed by atoms with van der Waals surface area (Å²) in [5.41, 5.74) is 5.97. The molecule has 2 N–H and O–H groups in total. The van der Waals surface area contributed by atoms with E-state index in [0.717, 1.165) is 12.1 Å². The highest BCUT2D eigenvalue weighted by atomic mass is 16.4. The lowest BCUT2D eigenvalue weighted by Gasteiger charge is -2.32. The van der Waals surface area contributed by atoms with Crippen molar-refractivity contribution < 1.29 is 14.7 Å². The van der Waals surface area contributed by atoms with E-state index in [1.165, 1.54) is 61.6 Å². The van der Waals surface area contributed by atoms with E-state index in [1.54, 1.807) is 0 Å². The number of carbonyl (C=O) groups excluding carboxylic acids is 1. The van der Waals surface area contributed by atoms with Crippen molar-refractivity contribution in [3.05, 3.63) is 46.7 Å². The molecule has 1 heterocycles. The van der Waals surface area contributed by atoms with Crippen LogP contribution in [0.2, 0.25) is 0 Å². The SMILES string of the molecule is CC(C)(C)c1cc(C2C=C(C(=O)N[C@H]3C[C@H](C(=O)O)C3)N=C2CC2CCCCC2)cc(C2(C)CC2)c1. The number of carbonyl (C=O) groups is 2. The maximum atomic E-state index is 13.2. The van der Waals surface area contributed by atoms with E-state index < -0.39 is 5.97 Å². The van der Waals surface area contributed by atoms with E-state index in [2.05, 4.69) is 57.3 Å². The largest absolute Gasteiger partial charge is 0.481 e. The first-order valence-corrected chi connectivity index (χ1v) is 14.0. The van der Waals surface area contributed by atoms with Crippen molar-refractivity contribution >= 4 is 17.6 Å². The lowest BCUT2D eigenvalue weighted by atomic mass is 9.78. The van der Waals surface area contributed by atoms with Gasteiger partial charge in [-0.25, -0.2) is 0 Å². The third kappa shape index (κ3) is 5.31. The highest BCUT2D eigenvalue weighted by Gasteiger charge is 2.41. The zero-order valence-electron chi connectivity index (χ0n) is 22.4. The summed E-state index contributed by atoms with van der Waals surface area (Å²) in [4.78, 5) is 29.3. The van der Waals surface area contributed by atoms with Gasteiger partial charge in [-0.1, -0.05) is 78.0 Å². The summed E-state index contributed by atoms with van der Waals surface area (Å²) in [6, 6.07) is 7.05. The van der Waals surface area contributed by atoms with Crippen LogP contribution in [-0.4, -0.2) is 28.7 Å². The van der Waals surface area contributed by atoms with E-state index in [9.17, 15) is 9.59 Å². The number of carboxylic acid groups (broad SMARTS) is 1. The fraction of sp³-hybridized carbons (Fsp3) is 0.645. The predicted octanol–water partition coefficient (Wildman–Crippen LogP) is 6.41. The Morgan fingerprint density at radius 1 is 1.08 bits per heavy atom. The van der Waals surface area contributed by atoms with E-state index in [-0.39, 0.29) is 34.6 Å². The molecule has 5 rings (SSSR count). The minimum atomic E-state index is -0.771. The molecule has 194 valence electrons. The minimum absolute atomic E-state index is 0.0317. The Morgan fingerprint density at radius 3 is 2.39 bits per heavy atom. The fourth-order valence-corrected chi connectivity index (χ4v) is 6.08. The zero-order chi connectivity index (χ0) is 25.7. The number of aliphatic carboxylic acids is 1. The molecule has 4 aliphatic rings. The van der Waals surface area contributed by atoms with Gasteiger partial charge in [0.05, 0.1) is 5.92 Å². The summed E-state index contributed by atoms with van der Waals surface area (Å²) in [5, 5.41) is 12.2. The van der Waals surface area contributed by atoms with Crippen LogP contribution < -0.4 is 5.32 Å². The Kier molecular flexibility index (Phi) is 6.63. The van der Waals surface area contributed by atoms with Gasteiger partial charge in [-0.05, 0) is 71.6 Å². The zero-order valence-corrected chi connectivity index (χ0v) is 22.4. The molecule has 1 atom stereocenters. The van der Waals surface area contributed by atoms with Crippen molar-refractivity contribution in [2.75, 3.05) is 0 Å². The maximum absolute atomic E-state index is 13.2. The molecule has 0 aromatic heterocycles. The Balaban J connectivity index is 1.43. The van der Waals surface area contributed by atoms with E-state index in [0.29, 0.717) is 24.5 Å². The average molecular weight is 491 g/mol. The van der Waals surface area contributed by atoms with E-state index in [1.807, 2.05) is 0 Å². The monoisotopic (exact) mass is 490 g/mol. The molecule has 3 saturated carbocycles. The summed E-state index contributed by atoms with van der Waals surface area (Å²) in [5.74, 6) is -0.594. The third-order valence-electron chi connectivity index (χ3n) is 9.10. The second kappa shape index (κ2) is 9.46. The number of rotatable bonds is 7. The summed E-state index contributed by atoms with van der Waals surface area (Å²) in [6.45, 7) is 9.18. The van der Waals surface area contributed by atoms with Crippen molar-refractivity contribution in [2.24, 2.45) is 16.8 Å². The van der Waals surface area contributed by atoms with Gasteiger partial charge in [0.25, 0.3) is 5.91 Å². The average Bonchev–Trinajstić information content (AvgIpc) is 3.42. The quantitative estimate of drug-likeness (QED) is 0.464. The van der Waals surface area contributed by atoms with Gasteiger partial charge in [-0.3, -0.25) is 14.6 Å². The number of amides is 1. The van der Waals surface area contributed by atoms with Crippen molar-refractivity contribution in [1.29, 1.82) is 0 Å². The lowest BCUT2D eigenvalue weighted by molar-refractivity contribution is -0.146. The van der Waals surface area contributed by atoms with Crippen LogP contribution >= 0.6 is 0 Å². The first-order valence-electron chi connectivity index (χ1n) is 14.0. The number of nitrogens with one attached hydrogen (secondary N) is 1. The predicted molar refractivity (Wildman–Crippen MR) is 143 cm³/mol. The standard InChI is InChI=1S/C31H42N2O3/c1-30(2,3)22-13-20(14-23(17-22)31(4)10-11-31)25-18-27(28(34)32-24-15-21(16-24)29(35)36)33-26(25)12-19-8-6-5-7-9-19/h13-14,17-19,21,24-25H,5-12,15-16H2,1-4H3,(H,32,34)(H,35,36)/t21-,24-,25?. The van der Waals surface area contributed by atoms with Crippen LogP contribution in [0.15, 0.2) is 35.0 Å². The van der Waals surface area contributed by atoms with E-state index in [4.69, 9.17) is 10.1 Å². The minimum Gasteiger partial charge on any atom is -0.481 e. The maximum Gasteiger partial charge on any atom is 0.306 e. The van der Waals surface area contributed by atoms with Gasteiger partial charge in [0, 0.05) is 17.7 Å². The van der Waals surface area contributed by atoms with Crippen LogP contribution in [0.5, 0.6) is 0 Å². The smallest absolute Gasteiger partial charge is 0.306 e. The summed E-state index contributed by atoms with van der Waals surface area (Å²) >= 11 is 0. The van der Waals surface area contributed by atoms with Crippen molar-refractivity contribution in [3.63, 3.8) is 0 Å². The van der Waals surface area contributed by atoms with Crippen LogP contribution in [0.4, 0.5) is 0 Å². The highest BCUT2D eigenvalue weighted by Crippen LogP contribution is 2.49. The van der Waals surface area contributed by atoms with Gasteiger partial charge < -0.3 is 10.4 Å². The number of nitrogens with zero attached hydrogens (tertiary/aromatic N) is 1. The molecule has 0 bridgehead atoms. The Bertz CT molecular complexity index is 1070. The molecule has 3 fully saturated rings. The van der Waals surface area contributed by atoms with Gasteiger partial charge in [0.15, 0.2) is 0 Å². The fourth-order valence-electron chi connectivity index (χ4n) is 6.08. The molecule has 36 heavy (non-hydrogen) atoms. The molecule has 0 spiro atoms. The van der Waals surface area contributed by atoms with Crippen molar-refractivity contribution in [2.45, 2.75) is 115 Å². The summed E-state index contributed by atoms with van der Waals surface area (Å²) < 4.78 is 0. The number of allylic oxidation sites excluding steroid dienone is 1. The van der Waals surface area contributed by atoms with Crippen LogP contribution in [0, 0.1) is 11.8 Å². The molecule has 1 aromatic carbocycles. The topological polar surface area (TPSA) is 78.8 Å². The molecule has 1 amide bonds. The van der Waals surface area contributed by atoms with Crippen LogP contribution in [0.1, 0.15) is 115 Å². The van der Waals surface area contributed by atoms with Crippen LogP contribution in [-0.2, 0) is 20.4 Å². The number of aliphatic imine (C=N–C) groups is 1. The molecular formula is C31H42N2O3. The van der Waals surface area contributed by atoms with Crippen LogP contribution in [0.3, 0.4) is 0 Å². The molecule has 1 unspecified atom stereocenters. The third-order valence-corrected chi connectivity index (χ3v) is 9.10. The van der Waals surface area contributed by atoms with Crippen molar-refractivity contribution in [3.8, 4) is 0 Å². The number of benzene rings is 1. The number of hydrogen-bond donors (Lipinski definition) is 2. The second-order valence-electron chi connectivity index (χ2n) is 13.2. The molecule has 1 aromatic rings. The van der Waals surface area contributed by atoms with Gasteiger partial charge in [0.2, 0.25) is 0 Å². The van der Waals surface area contributed by atoms with Gasteiger partial charge >= 0.3 is 5.97 Å². The molecular weight excluding hydrogens is 448 g/mol. The number of carboxylic acids is 1. The van der Waals surface area contributed by atoms with Gasteiger partial charge in [-0.2, -0.15) is 0 Å². The van der Waals surface area contributed by atoms with E-state index >= 15 is 0 Å². The van der Waals surface area contributed by atoms with Crippen LogP contribution in [0.25, 0.3) is 0 Å². The Hall–Kier alpha value is -2.43. The molecule has 5 heteroatoms. The highest BCUT2D eigenvalue weighted by molar-refractivity contribution is 6.04. The number of hydrogen-bond acceptors (Lipinski definition) is 3. The molecule has 5 nitrogen and oxygen atoms in total. The van der Waals surface area contributed by atoms with Gasteiger partial charge in [0.1, 0.15) is 5.70 Å². The summed E-state index contributed by atoms with van der Waals surface area (Å²) in [6.07, 6.45) is 12.9. The molecule has 0 saturated heterocycles. The summed E-state index contributed by atoms with van der Waals surface area (Å²) in [7, 11) is 0. The first kappa shape index (κ1) is 25.2. The normalized spacial score (nSPS) is 27.6. The first-order chi connectivity index (χ1) is 17.0. The lowest BCUT2D eigenvalue weighted by Crippen LogP contribution is -2.46.